The fourth-order valence-corrected chi connectivity index (χ4v) is 8.42. The first-order chi connectivity index (χ1) is 28.6. The molecule has 0 spiro atoms. The summed E-state index contributed by atoms with van der Waals surface area (Å²) in [6.45, 7) is 0. The van der Waals surface area contributed by atoms with Crippen molar-refractivity contribution < 1.29 is 19.8 Å². The van der Waals surface area contributed by atoms with Gasteiger partial charge in [-0.1, -0.05) is 35.3 Å². The number of benzene rings is 2. The van der Waals surface area contributed by atoms with E-state index in [1.165, 1.54) is 0 Å². The van der Waals surface area contributed by atoms with E-state index in [9.17, 15) is 19.8 Å². The first kappa shape index (κ1) is 39.2. The van der Waals surface area contributed by atoms with E-state index in [-0.39, 0.29) is 23.9 Å². The molecular weight excluding hydrogens is 791 g/mol. The van der Waals surface area contributed by atoms with Gasteiger partial charge in [-0.3, -0.25) is 9.59 Å². The highest BCUT2D eigenvalue weighted by atomic mass is 35.5. The first-order valence-electron chi connectivity index (χ1n) is 20.4. The number of H-pyrrole nitrogens is 1. The van der Waals surface area contributed by atoms with Crippen LogP contribution in [0.1, 0.15) is 84.9 Å². The van der Waals surface area contributed by atoms with Crippen LogP contribution >= 0.6 is 23.2 Å². The molecule has 4 aliphatic rings. The molecule has 59 heavy (non-hydrogen) atoms. The molecule has 4 aromatic heterocycles. The van der Waals surface area contributed by atoms with E-state index < -0.39 is 12.2 Å². The average Bonchev–Trinajstić information content (AvgIpc) is 4.05. The number of anilines is 2. The Labute approximate surface area is 350 Å². The van der Waals surface area contributed by atoms with Gasteiger partial charge in [0, 0.05) is 52.1 Å². The van der Waals surface area contributed by atoms with Gasteiger partial charge in [0.2, 0.25) is 11.9 Å². The summed E-state index contributed by atoms with van der Waals surface area (Å²) in [7, 11) is 1.94. The lowest BCUT2D eigenvalue weighted by Gasteiger charge is -2.17. The molecule has 10 rings (SSSR count). The lowest BCUT2D eigenvalue weighted by Crippen LogP contribution is -2.28. The standard InChI is InChI=1S/C22H24ClN5O2.C21H22ClN5O2/c1-28-17-6-2-4-13(21(30)25-12-8-9-12)14(17)10-18(28)20-15(23)11-24-22(27-20)26-16-5-3-7-19(16)29;22-14-10-23-21(26-16-5-2-6-18(16)28)27-19(14)17-9-13-12(3-1-4-15(13)25-17)20(29)24-11-7-8-11/h2,4,6,10-12,16,19,29H,3,5,7-9H2,1H3,(H,25,30)(H,24,26,27);1,3-4,9-11,16,18,25,28H,2,5-8H2,(H,24,29)(H,23,26,27). The number of carbonyl (C=O) groups excluding carboxylic acids is 2. The summed E-state index contributed by atoms with van der Waals surface area (Å²) in [5.41, 5.74) is 5.74. The summed E-state index contributed by atoms with van der Waals surface area (Å²) >= 11 is 12.8. The number of aromatic amines is 1. The molecule has 4 fully saturated rings. The largest absolute Gasteiger partial charge is 0.391 e. The van der Waals surface area contributed by atoms with E-state index in [1.54, 1.807) is 12.4 Å². The van der Waals surface area contributed by atoms with E-state index in [1.807, 2.05) is 60.1 Å². The summed E-state index contributed by atoms with van der Waals surface area (Å²) in [5, 5.41) is 35.2. The number of aryl methyl sites for hydroxylation is 1. The van der Waals surface area contributed by atoms with Gasteiger partial charge in [0.25, 0.3) is 11.8 Å². The Morgan fingerprint density at radius 3 is 1.81 bits per heavy atom. The highest BCUT2D eigenvalue weighted by Crippen LogP contribution is 2.35. The molecule has 0 bridgehead atoms. The van der Waals surface area contributed by atoms with Crippen LogP contribution in [0, 0.1) is 0 Å². The predicted octanol–water partition coefficient (Wildman–Crippen LogP) is 7.00. The highest BCUT2D eigenvalue weighted by molar-refractivity contribution is 6.33. The molecule has 0 aliphatic heterocycles. The number of amides is 2. The van der Waals surface area contributed by atoms with E-state index in [0.717, 1.165) is 91.7 Å². The van der Waals surface area contributed by atoms with E-state index in [2.05, 4.69) is 46.2 Å². The molecule has 16 heteroatoms. The molecule has 4 atom stereocenters. The minimum Gasteiger partial charge on any atom is -0.391 e. The minimum absolute atomic E-state index is 0.0494. The third-order valence-electron chi connectivity index (χ3n) is 11.6. The molecule has 0 radical (unpaired) electrons. The summed E-state index contributed by atoms with van der Waals surface area (Å²) in [6.07, 6.45) is 11.8. The molecular formula is C43H46Cl2N10O4. The molecule has 4 aliphatic carbocycles. The normalized spacial score (nSPS) is 21.3. The fourth-order valence-electron chi connectivity index (χ4n) is 8.04. The second-order valence-electron chi connectivity index (χ2n) is 16.1. The quantitative estimate of drug-likeness (QED) is 0.0755. The highest BCUT2D eigenvalue weighted by Gasteiger charge is 2.29. The van der Waals surface area contributed by atoms with Gasteiger partial charge in [-0.25, -0.2) is 19.9 Å². The molecule has 2 aromatic carbocycles. The van der Waals surface area contributed by atoms with Crippen LogP contribution in [-0.4, -0.2) is 87.9 Å². The topological polar surface area (TPSA) is 195 Å². The Bertz CT molecular complexity index is 2550. The number of nitrogens with zero attached hydrogens (tertiary/aromatic N) is 5. The lowest BCUT2D eigenvalue weighted by molar-refractivity contribution is 0.0944. The van der Waals surface area contributed by atoms with E-state index in [4.69, 9.17) is 23.2 Å². The van der Waals surface area contributed by atoms with Gasteiger partial charge in [-0.2, -0.15) is 0 Å². The number of aliphatic hydroxyl groups excluding tert-OH is 2. The maximum atomic E-state index is 12.7. The monoisotopic (exact) mass is 836 g/mol. The average molecular weight is 838 g/mol. The van der Waals surface area contributed by atoms with Gasteiger partial charge in [-0.05, 0) is 101 Å². The summed E-state index contributed by atoms with van der Waals surface area (Å²) in [6, 6.07) is 15.7. The van der Waals surface area contributed by atoms with Crippen LogP contribution in [-0.2, 0) is 7.05 Å². The number of hydrogen-bond acceptors (Lipinski definition) is 10. The summed E-state index contributed by atoms with van der Waals surface area (Å²) in [4.78, 5) is 46.4. The SMILES string of the molecule is Cn1c(-c2nc(NC3CCCC3O)ncc2Cl)cc2c(C(=O)NC3CC3)cccc21.O=C(NC1CC1)c1cccc2[nH]c(-c3nc(NC4CCCC4O)ncc3Cl)cc12. The molecule has 4 saturated carbocycles. The smallest absolute Gasteiger partial charge is 0.252 e. The van der Waals surface area contributed by atoms with E-state index >= 15 is 0 Å². The van der Waals surface area contributed by atoms with Crippen LogP contribution in [0.3, 0.4) is 0 Å². The molecule has 7 N–H and O–H groups in total. The Morgan fingerprint density at radius 2 is 1.25 bits per heavy atom. The number of aromatic nitrogens is 6. The Morgan fingerprint density at radius 1 is 0.712 bits per heavy atom. The number of halogens is 2. The van der Waals surface area contributed by atoms with Crippen LogP contribution in [0.2, 0.25) is 10.0 Å². The van der Waals surface area contributed by atoms with Crippen LogP contribution < -0.4 is 21.3 Å². The fraction of sp³-hybridized carbons (Fsp3) is 0.395. The van der Waals surface area contributed by atoms with Gasteiger partial charge >= 0.3 is 0 Å². The minimum atomic E-state index is -0.391. The van der Waals surface area contributed by atoms with Crippen LogP contribution in [0.15, 0.2) is 60.9 Å². The first-order valence-corrected chi connectivity index (χ1v) is 21.1. The van der Waals surface area contributed by atoms with Crippen molar-refractivity contribution in [2.24, 2.45) is 7.05 Å². The van der Waals surface area contributed by atoms with Gasteiger partial charge < -0.3 is 41.0 Å². The molecule has 4 unspecified atom stereocenters. The van der Waals surface area contributed by atoms with Crippen molar-refractivity contribution in [3.63, 3.8) is 0 Å². The number of carbonyl (C=O) groups is 2. The molecule has 2 amide bonds. The Balaban J connectivity index is 0.000000152. The number of hydrogen-bond donors (Lipinski definition) is 7. The Kier molecular flexibility index (Phi) is 10.9. The predicted molar refractivity (Wildman–Crippen MR) is 229 cm³/mol. The molecule has 6 aromatic rings. The van der Waals surface area contributed by atoms with Crippen molar-refractivity contribution in [2.45, 2.75) is 101 Å². The van der Waals surface area contributed by atoms with Gasteiger partial charge in [0.05, 0.1) is 58.1 Å². The second kappa shape index (κ2) is 16.4. The zero-order valence-corrected chi connectivity index (χ0v) is 34.0. The zero-order valence-electron chi connectivity index (χ0n) is 32.5. The van der Waals surface area contributed by atoms with Crippen LogP contribution in [0.4, 0.5) is 11.9 Å². The zero-order chi connectivity index (χ0) is 40.8. The van der Waals surface area contributed by atoms with Gasteiger partial charge in [0.15, 0.2) is 0 Å². The van der Waals surface area contributed by atoms with Crippen LogP contribution in [0.5, 0.6) is 0 Å². The van der Waals surface area contributed by atoms with Crippen molar-refractivity contribution in [1.82, 2.24) is 40.1 Å². The third kappa shape index (κ3) is 8.45. The Hall–Kier alpha value is -5.28. The van der Waals surface area contributed by atoms with Crippen molar-refractivity contribution in [2.75, 3.05) is 10.6 Å². The maximum Gasteiger partial charge on any atom is 0.252 e. The van der Waals surface area contributed by atoms with Crippen LogP contribution in [0.25, 0.3) is 44.6 Å². The van der Waals surface area contributed by atoms with E-state index in [0.29, 0.717) is 62.2 Å². The van der Waals surface area contributed by atoms with Crippen molar-refractivity contribution >= 4 is 68.7 Å². The van der Waals surface area contributed by atoms with Crippen molar-refractivity contribution in [3.05, 3.63) is 82.1 Å². The summed E-state index contributed by atoms with van der Waals surface area (Å²) < 4.78 is 1.99. The molecule has 0 saturated heterocycles. The van der Waals surface area contributed by atoms with Gasteiger partial charge in [0.1, 0.15) is 11.4 Å². The van der Waals surface area contributed by atoms with Gasteiger partial charge in [-0.15, -0.1) is 0 Å². The number of rotatable bonds is 10. The lowest BCUT2D eigenvalue weighted by atomic mass is 10.1. The second-order valence-corrected chi connectivity index (χ2v) is 16.9. The summed E-state index contributed by atoms with van der Waals surface area (Å²) in [5.74, 6) is 0.764. The number of aliphatic hydroxyl groups is 2. The van der Waals surface area contributed by atoms with Crippen molar-refractivity contribution in [3.8, 4) is 22.8 Å². The van der Waals surface area contributed by atoms with Crippen molar-refractivity contribution in [1.29, 1.82) is 0 Å². The maximum absolute atomic E-state index is 12.7. The molecule has 4 heterocycles. The molecule has 14 nitrogen and oxygen atoms in total. The molecule has 306 valence electrons. The number of fused-ring (bicyclic) bond motifs is 2. The third-order valence-corrected chi connectivity index (χ3v) is 12.2. The number of nitrogens with one attached hydrogen (secondary N) is 5.